The third-order valence-corrected chi connectivity index (χ3v) is 3.76. The highest BCUT2D eigenvalue weighted by Gasteiger charge is 2.49. The second-order valence-corrected chi connectivity index (χ2v) is 6.78. The van der Waals surface area contributed by atoms with Crippen LogP contribution in [0.25, 0.3) is 0 Å². The fraction of sp³-hybridized carbons (Fsp3) is 0.500. The predicted octanol–water partition coefficient (Wildman–Crippen LogP) is 2.18. The third-order valence-electron chi connectivity index (χ3n) is 3.76. The first kappa shape index (κ1) is 17.9. The van der Waals surface area contributed by atoms with Crippen molar-refractivity contribution in [3.8, 4) is 0 Å². The molecule has 1 saturated heterocycles. The molecule has 1 aliphatic heterocycles. The van der Waals surface area contributed by atoms with Gasteiger partial charge in [-0.15, -0.1) is 0 Å². The van der Waals surface area contributed by atoms with Crippen LogP contribution >= 0.6 is 0 Å². The average Bonchev–Trinajstić information content (AvgIpc) is 2.70. The lowest BCUT2D eigenvalue weighted by Crippen LogP contribution is -2.41. The number of hydrogen-bond donors (Lipinski definition) is 1. The first-order valence-corrected chi connectivity index (χ1v) is 7.57. The summed E-state index contributed by atoms with van der Waals surface area (Å²) in [6, 6.07) is 5.17. The van der Waals surface area contributed by atoms with Crippen LogP contribution in [0.5, 0.6) is 0 Å². The molecule has 8 heteroatoms. The van der Waals surface area contributed by atoms with Gasteiger partial charge in [0.1, 0.15) is 5.54 Å². The molecule has 0 bridgehead atoms. The maximum atomic E-state index is 12.7. The monoisotopic (exact) mass is 335 g/mol. The molecule has 1 aliphatic rings. The minimum atomic E-state index is -1.33. The SMILES string of the molecule is CC(C)(C)OCCN1C(=O)N[C@@](C)(c2cccc([N+](=O)[O-])c2)C1=O. The highest BCUT2D eigenvalue weighted by atomic mass is 16.6. The molecule has 2 rings (SSSR count). The number of urea groups is 1. The summed E-state index contributed by atoms with van der Waals surface area (Å²) in [5.74, 6) is -0.453. The molecular weight excluding hydrogens is 314 g/mol. The zero-order valence-corrected chi connectivity index (χ0v) is 14.2. The lowest BCUT2D eigenvalue weighted by molar-refractivity contribution is -0.385. The molecule has 0 spiro atoms. The molecule has 24 heavy (non-hydrogen) atoms. The van der Waals surface area contributed by atoms with Crippen molar-refractivity contribution in [2.75, 3.05) is 13.2 Å². The average molecular weight is 335 g/mol. The van der Waals surface area contributed by atoms with E-state index in [0.717, 1.165) is 4.90 Å². The van der Waals surface area contributed by atoms with Gasteiger partial charge in [-0.1, -0.05) is 12.1 Å². The van der Waals surface area contributed by atoms with Crippen molar-refractivity contribution in [3.05, 3.63) is 39.9 Å². The van der Waals surface area contributed by atoms with Crippen LogP contribution in [-0.2, 0) is 15.1 Å². The summed E-state index contributed by atoms with van der Waals surface area (Å²) in [5, 5.41) is 13.5. The van der Waals surface area contributed by atoms with Crippen molar-refractivity contribution < 1.29 is 19.2 Å². The van der Waals surface area contributed by atoms with E-state index in [-0.39, 0.29) is 24.4 Å². The van der Waals surface area contributed by atoms with E-state index in [1.807, 2.05) is 20.8 Å². The number of hydrogen-bond acceptors (Lipinski definition) is 5. The van der Waals surface area contributed by atoms with Crippen LogP contribution in [0.4, 0.5) is 10.5 Å². The fourth-order valence-electron chi connectivity index (χ4n) is 2.47. The molecule has 1 heterocycles. The Morgan fingerprint density at radius 3 is 2.58 bits per heavy atom. The van der Waals surface area contributed by atoms with Gasteiger partial charge in [-0.2, -0.15) is 0 Å². The summed E-state index contributed by atoms with van der Waals surface area (Å²) in [6.45, 7) is 7.52. The molecule has 1 aromatic rings. The zero-order valence-electron chi connectivity index (χ0n) is 14.2. The van der Waals surface area contributed by atoms with Crippen molar-refractivity contribution in [2.24, 2.45) is 0 Å². The fourth-order valence-corrected chi connectivity index (χ4v) is 2.47. The van der Waals surface area contributed by atoms with E-state index in [1.165, 1.54) is 25.1 Å². The number of nitrogens with one attached hydrogen (secondary N) is 1. The van der Waals surface area contributed by atoms with E-state index in [9.17, 15) is 19.7 Å². The molecule has 1 atom stereocenters. The second kappa shape index (κ2) is 6.20. The number of imide groups is 1. The van der Waals surface area contributed by atoms with Crippen molar-refractivity contribution in [2.45, 2.75) is 38.8 Å². The second-order valence-electron chi connectivity index (χ2n) is 6.78. The number of non-ortho nitro benzene ring substituents is 1. The van der Waals surface area contributed by atoms with Gasteiger partial charge in [0.15, 0.2) is 0 Å². The van der Waals surface area contributed by atoms with Gasteiger partial charge in [-0.05, 0) is 33.3 Å². The van der Waals surface area contributed by atoms with Crippen LogP contribution in [-0.4, -0.2) is 40.5 Å². The van der Waals surface area contributed by atoms with Crippen molar-refractivity contribution in [1.29, 1.82) is 0 Å². The van der Waals surface area contributed by atoms with Crippen LogP contribution in [0.1, 0.15) is 33.3 Å². The maximum Gasteiger partial charge on any atom is 0.325 e. The van der Waals surface area contributed by atoms with E-state index in [4.69, 9.17) is 4.74 Å². The Morgan fingerprint density at radius 2 is 2.00 bits per heavy atom. The number of carbonyl (C=O) groups excluding carboxylic acids is 2. The number of carbonyl (C=O) groups is 2. The number of rotatable bonds is 5. The lowest BCUT2D eigenvalue weighted by atomic mass is 9.91. The number of nitrogens with zero attached hydrogens (tertiary/aromatic N) is 2. The van der Waals surface area contributed by atoms with Gasteiger partial charge in [0.2, 0.25) is 0 Å². The van der Waals surface area contributed by atoms with Crippen molar-refractivity contribution in [1.82, 2.24) is 10.2 Å². The molecule has 3 amide bonds. The van der Waals surface area contributed by atoms with Crippen LogP contribution in [0.2, 0.25) is 0 Å². The smallest absolute Gasteiger partial charge is 0.325 e. The highest BCUT2D eigenvalue weighted by molar-refractivity contribution is 6.07. The van der Waals surface area contributed by atoms with Gasteiger partial charge in [-0.3, -0.25) is 19.8 Å². The van der Waals surface area contributed by atoms with Crippen LogP contribution < -0.4 is 5.32 Å². The molecule has 8 nitrogen and oxygen atoms in total. The zero-order chi connectivity index (χ0) is 18.1. The Labute approximate surface area is 139 Å². The summed E-state index contributed by atoms with van der Waals surface area (Å²) in [4.78, 5) is 36.3. The Kier molecular flexibility index (Phi) is 4.61. The van der Waals surface area contributed by atoms with Crippen molar-refractivity contribution >= 4 is 17.6 Å². The Balaban J connectivity index is 2.20. The Bertz CT molecular complexity index is 683. The standard InChI is InChI=1S/C16H21N3O5/c1-15(2,3)24-9-8-18-13(20)16(4,17-14(18)21)11-6-5-7-12(10-11)19(22)23/h5-7,10H,8-9H2,1-4H3,(H,17,21)/t16-/m0/s1. The van der Waals surface area contributed by atoms with Gasteiger partial charge in [0.25, 0.3) is 11.6 Å². The largest absolute Gasteiger partial charge is 0.374 e. The summed E-state index contributed by atoms with van der Waals surface area (Å²) in [5.41, 5.74) is -1.47. The van der Waals surface area contributed by atoms with Gasteiger partial charge in [0, 0.05) is 12.1 Å². The van der Waals surface area contributed by atoms with E-state index in [0.29, 0.717) is 5.56 Å². The van der Waals surface area contributed by atoms with Gasteiger partial charge in [0.05, 0.1) is 23.7 Å². The van der Waals surface area contributed by atoms with Gasteiger partial charge < -0.3 is 10.1 Å². The Morgan fingerprint density at radius 1 is 1.33 bits per heavy atom. The van der Waals surface area contributed by atoms with E-state index < -0.39 is 22.4 Å². The molecule has 0 unspecified atom stereocenters. The number of benzene rings is 1. The molecule has 1 fully saturated rings. The predicted molar refractivity (Wildman–Crippen MR) is 86.4 cm³/mol. The number of ether oxygens (including phenoxy) is 1. The minimum Gasteiger partial charge on any atom is -0.374 e. The normalized spacial score (nSPS) is 21.1. The highest BCUT2D eigenvalue weighted by Crippen LogP contribution is 2.30. The van der Waals surface area contributed by atoms with E-state index >= 15 is 0 Å². The Hall–Kier alpha value is -2.48. The third kappa shape index (κ3) is 3.53. The van der Waals surface area contributed by atoms with Crippen LogP contribution in [0.3, 0.4) is 0 Å². The van der Waals surface area contributed by atoms with Gasteiger partial charge in [-0.25, -0.2) is 4.79 Å². The number of nitro groups is 1. The number of nitro benzene ring substituents is 1. The minimum absolute atomic E-state index is 0.118. The molecule has 0 radical (unpaired) electrons. The molecule has 0 aliphatic carbocycles. The summed E-state index contributed by atoms with van der Waals surface area (Å²) >= 11 is 0. The first-order valence-electron chi connectivity index (χ1n) is 7.57. The van der Waals surface area contributed by atoms with Crippen molar-refractivity contribution in [3.63, 3.8) is 0 Å². The lowest BCUT2D eigenvalue weighted by Gasteiger charge is -2.23. The summed E-state index contributed by atoms with van der Waals surface area (Å²) < 4.78 is 5.55. The van der Waals surface area contributed by atoms with Gasteiger partial charge >= 0.3 is 6.03 Å². The topological polar surface area (TPSA) is 102 Å². The quantitative estimate of drug-likeness (QED) is 0.505. The number of amides is 3. The van der Waals surface area contributed by atoms with Crippen LogP contribution in [0.15, 0.2) is 24.3 Å². The maximum absolute atomic E-state index is 12.7. The first-order chi connectivity index (χ1) is 11.0. The molecule has 0 saturated carbocycles. The summed E-state index contributed by atoms with van der Waals surface area (Å²) in [7, 11) is 0. The molecule has 130 valence electrons. The molecular formula is C16H21N3O5. The molecule has 0 aromatic heterocycles. The van der Waals surface area contributed by atoms with E-state index in [2.05, 4.69) is 5.32 Å². The molecule has 1 N–H and O–H groups in total. The summed E-state index contributed by atoms with van der Waals surface area (Å²) in [6.07, 6.45) is 0. The van der Waals surface area contributed by atoms with E-state index in [1.54, 1.807) is 6.07 Å². The van der Waals surface area contributed by atoms with Crippen LogP contribution in [0, 0.1) is 10.1 Å². The molecule has 1 aromatic carbocycles.